The summed E-state index contributed by atoms with van der Waals surface area (Å²) in [6, 6.07) is 5.09. The summed E-state index contributed by atoms with van der Waals surface area (Å²) in [6.45, 7) is 8.44. The Balaban J connectivity index is 2.69. The number of aliphatic hydroxyl groups is 1. The number of hydrogen-bond donors (Lipinski definition) is 3. The van der Waals surface area contributed by atoms with E-state index in [-0.39, 0.29) is 11.8 Å². The molecule has 0 amide bonds. The van der Waals surface area contributed by atoms with Crippen molar-refractivity contribution in [2.24, 2.45) is 5.92 Å². The lowest BCUT2D eigenvalue weighted by Gasteiger charge is -2.28. The third kappa shape index (κ3) is 5.02. The van der Waals surface area contributed by atoms with Crippen molar-refractivity contribution < 1.29 is 14.9 Å². The van der Waals surface area contributed by atoms with E-state index in [2.05, 4.69) is 19.2 Å². The molecule has 0 aliphatic rings. The van der Waals surface area contributed by atoms with Gasteiger partial charge in [-0.3, -0.25) is 0 Å². The fourth-order valence-corrected chi connectivity index (χ4v) is 2.44. The smallest absolute Gasteiger partial charge is 0.120 e. The van der Waals surface area contributed by atoms with Gasteiger partial charge < -0.3 is 20.3 Å². The first-order valence-electron chi connectivity index (χ1n) is 7.08. The highest BCUT2D eigenvalue weighted by Gasteiger charge is 2.23. The van der Waals surface area contributed by atoms with Gasteiger partial charge in [0.15, 0.2) is 0 Å². The van der Waals surface area contributed by atoms with E-state index >= 15 is 0 Å². The Labute approximate surface area is 121 Å². The first-order valence-corrected chi connectivity index (χ1v) is 7.08. The second-order valence-corrected chi connectivity index (χ2v) is 6.12. The van der Waals surface area contributed by atoms with Gasteiger partial charge in [-0.25, -0.2) is 0 Å². The largest absolute Gasteiger partial charge is 0.508 e. The maximum Gasteiger partial charge on any atom is 0.120 e. The maximum absolute atomic E-state index is 10.3. The summed E-state index contributed by atoms with van der Waals surface area (Å²) in [5.74, 6) is 1.38. The Morgan fingerprint density at radius 1 is 1.30 bits per heavy atom. The number of hydrogen-bond acceptors (Lipinski definition) is 4. The molecule has 4 heteroatoms. The normalized spacial score (nSPS) is 15.9. The second-order valence-electron chi connectivity index (χ2n) is 6.12. The van der Waals surface area contributed by atoms with Gasteiger partial charge >= 0.3 is 0 Å². The molecule has 0 heterocycles. The summed E-state index contributed by atoms with van der Waals surface area (Å²) in [5.41, 5.74) is 0.0152. The van der Waals surface area contributed by atoms with Crippen LogP contribution in [0.5, 0.6) is 11.5 Å². The lowest BCUT2D eigenvalue weighted by molar-refractivity contribution is 0.0363. The number of phenolic OH excluding ortho intramolecular Hbond substituents is 1. The highest BCUT2D eigenvalue weighted by molar-refractivity contribution is 5.41. The standard InChI is InChI=1S/C16H27NO3/c1-11(2)9-16(4,19)10-17-12(3)14-8-13(20-5)6-7-15(14)18/h6-8,11-12,17-19H,9-10H2,1-5H3. The first kappa shape index (κ1) is 16.8. The van der Waals surface area contributed by atoms with E-state index in [0.29, 0.717) is 18.2 Å². The molecular weight excluding hydrogens is 254 g/mol. The topological polar surface area (TPSA) is 61.7 Å². The van der Waals surface area contributed by atoms with E-state index in [4.69, 9.17) is 4.74 Å². The molecule has 20 heavy (non-hydrogen) atoms. The molecule has 2 atom stereocenters. The number of rotatable bonds is 7. The summed E-state index contributed by atoms with van der Waals surface area (Å²) in [6.07, 6.45) is 0.733. The summed E-state index contributed by atoms with van der Waals surface area (Å²) >= 11 is 0. The van der Waals surface area contributed by atoms with Crippen LogP contribution in [-0.4, -0.2) is 29.5 Å². The number of aromatic hydroxyl groups is 1. The van der Waals surface area contributed by atoms with E-state index in [0.717, 1.165) is 12.0 Å². The number of ether oxygens (including phenoxy) is 1. The van der Waals surface area contributed by atoms with E-state index in [1.165, 1.54) is 0 Å². The summed E-state index contributed by atoms with van der Waals surface area (Å²) in [5, 5.41) is 23.5. The van der Waals surface area contributed by atoms with Gasteiger partial charge in [0.1, 0.15) is 11.5 Å². The third-order valence-electron chi connectivity index (χ3n) is 3.34. The van der Waals surface area contributed by atoms with E-state index in [9.17, 15) is 10.2 Å². The van der Waals surface area contributed by atoms with Crippen molar-refractivity contribution >= 4 is 0 Å². The van der Waals surface area contributed by atoms with Crippen LogP contribution < -0.4 is 10.1 Å². The fraction of sp³-hybridized carbons (Fsp3) is 0.625. The predicted molar refractivity (Wildman–Crippen MR) is 81.2 cm³/mol. The minimum absolute atomic E-state index is 0.0660. The molecule has 4 nitrogen and oxygen atoms in total. The van der Waals surface area contributed by atoms with Crippen molar-refractivity contribution in [1.29, 1.82) is 0 Å². The van der Waals surface area contributed by atoms with Crippen molar-refractivity contribution in [1.82, 2.24) is 5.32 Å². The Kier molecular flexibility index (Phi) is 5.84. The van der Waals surface area contributed by atoms with Crippen LogP contribution in [0.4, 0.5) is 0 Å². The monoisotopic (exact) mass is 281 g/mol. The molecule has 0 fully saturated rings. The Hall–Kier alpha value is -1.26. The number of benzene rings is 1. The van der Waals surface area contributed by atoms with Crippen molar-refractivity contribution in [2.75, 3.05) is 13.7 Å². The van der Waals surface area contributed by atoms with Crippen LogP contribution in [0, 0.1) is 5.92 Å². The molecule has 0 aliphatic heterocycles. The Morgan fingerprint density at radius 2 is 1.95 bits per heavy atom. The molecule has 0 saturated heterocycles. The fourth-order valence-electron chi connectivity index (χ4n) is 2.44. The molecule has 2 unspecified atom stereocenters. The highest BCUT2D eigenvalue weighted by Crippen LogP contribution is 2.28. The molecular formula is C16H27NO3. The first-order chi connectivity index (χ1) is 9.25. The molecule has 0 spiro atoms. The third-order valence-corrected chi connectivity index (χ3v) is 3.34. The Bertz CT molecular complexity index is 430. The molecule has 1 aromatic carbocycles. The van der Waals surface area contributed by atoms with Crippen molar-refractivity contribution in [3.63, 3.8) is 0 Å². The molecule has 114 valence electrons. The molecule has 0 radical (unpaired) electrons. The van der Waals surface area contributed by atoms with Crippen molar-refractivity contribution in [3.8, 4) is 11.5 Å². The minimum Gasteiger partial charge on any atom is -0.508 e. The minimum atomic E-state index is -0.753. The molecule has 1 rings (SSSR count). The molecule has 3 N–H and O–H groups in total. The van der Waals surface area contributed by atoms with E-state index in [1.807, 2.05) is 19.9 Å². The zero-order valence-corrected chi connectivity index (χ0v) is 13.1. The van der Waals surface area contributed by atoms with Crippen molar-refractivity contribution in [3.05, 3.63) is 23.8 Å². The van der Waals surface area contributed by atoms with Gasteiger partial charge in [-0.15, -0.1) is 0 Å². The van der Waals surface area contributed by atoms with E-state index in [1.54, 1.807) is 19.2 Å². The van der Waals surface area contributed by atoms with Gasteiger partial charge in [0.05, 0.1) is 12.7 Å². The van der Waals surface area contributed by atoms with Crippen LogP contribution in [0.2, 0.25) is 0 Å². The number of methoxy groups -OCH3 is 1. The molecule has 0 bridgehead atoms. The lowest BCUT2D eigenvalue weighted by Crippen LogP contribution is -2.39. The van der Waals surface area contributed by atoms with Gasteiger partial charge in [-0.1, -0.05) is 13.8 Å². The highest BCUT2D eigenvalue weighted by atomic mass is 16.5. The molecule has 1 aromatic rings. The average molecular weight is 281 g/mol. The molecule has 0 aliphatic carbocycles. The van der Waals surface area contributed by atoms with Gasteiger partial charge in [0.2, 0.25) is 0 Å². The molecule has 0 saturated carbocycles. The quantitative estimate of drug-likeness (QED) is 0.719. The predicted octanol–water partition coefficient (Wildman–Crippen LogP) is 2.85. The summed E-state index contributed by atoms with van der Waals surface area (Å²) in [7, 11) is 1.60. The number of nitrogens with one attached hydrogen (secondary N) is 1. The lowest BCUT2D eigenvalue weighted by atomic mass is 9.94. The van der Waals surface area contributed by atoms with Crippen LogP contribution in [0.3, 0.4) is 0 Å². The van der Waals surface area contributed by atoms with Crippen molar-refractivity contribution in [2.45, 2.75) is 45.8 Å². The van der Waals surface area contributed by atoms with Crippen LogP contribution in [0.15, 0.2) is 18.2 Å². The Morgan fingerprint density at radius 3 is 2.50 bits per heavy atom. The zero-order chi connectivity index (χ0) is 15.3. The average Bonchev–Trinajstić information content (AvgIpc) is 2.35. The maximum atomic E-state index is 10.3. The second kappa shape index (κ2) is 6.95. The van der Waals surface area contributed by atoms with E-state index < -0.39 is 5.60 Å². The van der Waals surface area contributed by atoms with Gasteiger partial charge in [0.25, 0.3) is 0 Å². The zero-order valence-electron chi connectivity index (χ0n) is 13.1. The van der Waals surface area contributed by atoms with Crippen LogP contribution in [0.1, 0.15) is 45.7 Å². The SMILES string of the molecule is COc1ccc(O)c(C(C)NCC(C)(O)CC(C)C)c1. The van der Waals surface area contributed by atoms with Crippen LogP contribution in [-0.2, 0) is 0 Å². The van der Waals surface area contributed by atoms with Gasteiger partial charge in [-0.05, 0) is 44.4 Å². The molecule has 0 aromatic heterocycles. The summed E-state index contributed by atoms with van der Waals surface area (Å²) in [4.78, 5) is 0. The van der Waals surface area contributed by atoms with Crippen LogP contribution in [0.25, 0.3) is 0 Å². The summed E-state index contributed by atoms with van der Waals surface area (Å²) < 4.78 is 5.17. The van der Waals surface area contributed by atoms with Gasteiger partial charge in [0, 0.05) is 18.2 Å². The number of phenols is 1. The van der Waals surface area contributed by atoms with Crippen LogP contribution >= 0.6 is 0 Å². The van der Waals surface area contributed by atoms with Gasteiger partial charge in [-0.2, -0.15) is 0 Å².